The van der Waals surface area contributed by atoms with Crippen LogP contribution in [-0.2, 0) is 11.8 Å². The molecule has 1 atom stereocenters. The summed E-state index contributed by atoms with van der Waals surface area (Å²) in [6.07, 6.45) is 7.62. The van der Waals surface area contributed by atoms with E-state index >= 15 is 0 Å². The number of aryl methyl sites for hydroxylation is 2. The Morgan fingerprint density at radius 2 is 1.92 bits per heavy atom. The van der Waals surface area contributed by atoms with Gasteiger partial charge in [-0.25, -0.2) is 4.98 Å². The number of benzene rings is 1. The monoisotopic (exact) mass is 496 g/mol. The largest absolute Gasteiger partial charge is 0.395 e. The van der Waals surface area contributed by atoms with Gasteiger partial charge in [-0.1, -0.05) is 30.3 Å². The quantitative estimate of drug-likeness (QED) is 0.339. The first-order valence-corrected chi connectivity index (χ1v) is 12.9. The van der Waals surface area contributed by atoms with Crippen molar-refractivity contribution in [2.45, 2.75) is 25.8 Å². The van der Waals surface area contributed by atoms with E-state index in [4.69, 9.17) is 14.7 Å². The van der Waals surface area contributed by atoms with Gasteiger partial charge >= 0.3 is 0 Å². The van der Waals surface area contributed by atoms with Crippen molar-refractivity contribution in [2.24, 2.45) is 13.0 Å². The molecule has 5 heterocycles. The summed E-state index contributed by atoms with van der Waals surface area (Å²) in [5.41, 5.74) is 7.48. The van der Waals surface area contributed by atoms with Gasteiger partial charge in [-0.2, -0.15) is 5.10 Å². The number of aliphatic hydroxyl groups excluding tert-OH is 1. The highest BCUT2D eigenvalue weighted by Gasteiger charge is 2.31. The Kier molecular flexibility index (Phi) is 6.36. The van der Waals surface area contributed by atoms with Crippen LogP contribution in [0.15, 0.2) is 61.1 Å². The third-order valence-corrected chi connectivity index (χ3v) is 7.48. The van der Waals surface area contributed by atoms with E-state index in [2.05, 4.69) is 58.3 Å². The molecule has 2 N–H and O–H groups in total. The van der Waals surface area contributed by atoms with Crippen molar-refractivity contribution in [3.8, 4) is 11.3 Å². The van der Waals surface area contributed by atoms with E-state index in [-0.39, 0.29) is 12.6 Å². The third-order valence-electron chi connectivity index (χ3n) is 7.48. The molecular weight excluding hydrogens is 464 g/mol. The Balaban J connectivity index is 1.68. The maximum absolute atomic E-state index is 9.56. The van der Waals surface area contributed by atoms with Crippen LogP contribution in [0.4, 0.5) is 5.82 Å². The minimum atomic E-state index is 0.0303. The van der Waals surface area contributed by atoms with Gasteiger partial charge in [0.05, 0.1) is 41.1 Å². The fourth-order valence-corrected chi connectivity index (χ4v) is 5.85. The lowest BCUT2D eigenvalue weighted by Crippen LogP contribution is -2.27. The molecule has 0 aliphatic carbocycles. The molecule has 1 aromatic carbocycles. The summed E-state index contributed by atoms with van der Waals surface area (Å²) in [6.45, 7) is 4.06. The smallest absolute Gasteiger partial charge is 0.150 e. The van der Waals surface area contributed by atoms with Gasteiger partial charge in [0.15, 0.2) is 5.82 Å². The van der Waals surface area contributed by atoms with Crippen LogP contribution in [0.5, 0.6) is 0 Å². The molecule has 4 aromatic heterocycles. The lowest BCUT2D eigenvalue weighted by atomic mass is 9.86. The SMILES string of the molecule is Cc1cnn(C)c1-c1cnc2c3ccnc(NCCO)c3n(C(c3ccccc3)C3CCOCC3)c2c1. The fraction of sp³-hybridized carbons (Fsp3) is 0.345. The van der Waals surface area contributed by atoms with Crippen LogP contribution in [0, 0.1) is 12.8 Å². The van der Waals surface area contributed by atoms with E-state index in [1.54, 1.807) is 0 Å². The van der Waals surface area contributed by atoms with Gasteiger partial charge in [0.2, 0.25) is 0 Å². The van der Waals surface area contributed by atoms with Crippen molar-refractivity contribution in [2.75, 3.05) is 31.7 Å². The normalized spacial score (nSPS) is 15.4. The molecule has 1 unspecified atom stereocenters. The predicted octanol–water partition coefficient (Wildman–Crippen LogP) is 4.71. The lowest BCUT2D eigenvalue weighted by Gasteiger charge is -2.33. The zero-order chi connectivity index (χ0) is 25.4. The average molecular weight is 497 g/mol. The van der Waals surface area contributed by atoms with Gasteiger partial charge < -0.3 is 19.7 Å². The molecule has 5 aromatic rings. The van der Waals surface area contributed by atoms with Crippen molar-refractivity contribution in [1.82, 2.24) is 24.3 Å². The average Bonchev–Trinajstić information content (AvgIpc) is 3.45. The molecule has 8 heteroatoms. The first kappa shape index (κ1) is 23.6. The zero-order valence-corrected chi connectivity index (χ0v) is 21.3. The number of ether oxygens (including phenoxy) is 1. The van der Waals surface area contributed by atoms with Crippen molar-refractivity contribution in [3.63, 3.8) is 0 Å². The first-order valence-electron chi connectivity index (χ1n) is 12.9. The van der Waals surface area contributed by atoms with Gasteiger partial charge in [-0.05, 0) is 48.9 Å². The number of pyridine rings is 2. The van der Waals surface area contributed by atoms with Crippen LogP contribution < -0.4 is 5.32 Å². The number of rotatable bonds is 7. The summed E-state index contributed by atoms with van der Waals surface area (Å²) in [6, 6.07) is 15.1. The van der Waals surface area contributed by atoms with Crippen molar-refractivity contribution in [3.05, 3.63) is 72.2 Å². The van der Waals surface area contributed by atoms with Crippen LogP contribution in [0.25, 0.3) is 33.2 Å². The Morgan fingerprint density at radius 1 is 1.11 bits per heavy atom. The number of aromatic nitrogens is 5. The highest BCUT2D eigenvalue weighted by atomic mass is 16.5. The molecule has 1 aliphatic heterocycles. The molecule has 0 saturated carbocycles. The van der Waals surface area contributed by atoms with E-state index in [1.165, 1.54) is 5.56 Å². The summed E-state index contributed by atoms with van der Waals surface area (Å²) in [5.74, 6) is 1.15. The van der Waals surface area contributed by atoms with Crippen molar-refractivity contribution < 1.29 is 9.84 Å². The molecule has 1 saturated heterocycles. The van der Waals surface area contributed by atoms with Crippen LogP contribution in [0.3, 0.4) is 0 Å². The van der Waals surface area contributed by atoms with E-state index in [9.17, 15) is 5.11 Å². The van der Waals surface area contributed by atoms with Gasteiger partial charge in [-0.15, -0.1) is 0 Å². The predicted molar refractivity (Wildman–Crippen MR) is 146 cm³/mol. The van der Waals surface area contributed by atoms with E-state index < -0.39 is 0 Å². The molecule has 1 aliphatic rings. The number of fused-ring (bicyclic) bond motifs is 3. The number of nitrogens with one attached hydrogen (secondary N) is 1. The van der Waals surface area contributed by atoms with Crippen molar-refractivity contribution >= 4 is 27.8 Å². The fourth-order valence-electron chi connectivity index (χ4n) is 5.85. The summed E-state index contributed by atoms with van der Waals surface area (Å²) >= 11 is 0. The van der Waals surface area contributed by atoms with Crippen molar-refractivity contribution in [1.29, 1.82) is 0 Å². The van der Waals surface area contributed by atoms with E-state index in [0.717, 1.165) is 70.6 Å². The van der Waals surface area contributed by atoms with E-state index in [1.807, 2.05) is 36.4 Å². The second kappa shape index (κ2) is 9.95. The molecule has 8 nitrogen and oxygen atoms in total. The first-order chi connectivity index (χ1) is 18.2. The Hall–Kier alpha value is -3.75. The van der Waals surface area contributed by atoms with Gasteiger partial charge in [-0.3, -0.25) is 9.67 Å². The van der Waals surface area contributed by atoms with Crippen LogP contribution in [0.2, 0.25) is 0 Å². The maximum Gasteiger partial charge on any atom is 0.150 e. The standard InChI is InChI=1S/C29H32N6O2/c1-19-17-33-34(2)26(19)22-16-24-25(32-18-22)23-8-11-30-29(31-12-13-36)28(23)35(24)27(20-6-4-3-5-7-20)21-9-14-37-15-10-21/h3-8,11,16-18,21,27,36H,9-10,12-15H2,1-2H3,(H,30,31). The molecule has 0 bridgehead atoms. The minimum absolute atomic E-state index is 0.0303. The number of nitrogens with zero attached hydrogens (tertiary/aromatic N) is 5. The molecule has 0 amide bonds. The number of anilines is 1. The molecule has 37 heavy (non-hydrogen) atoms. The number of aliphatic hydroxyl groups is 1. The molecule has 0 radical (unpaired) electrons. The molecule has 190 valence electrons. The highest BCUT2D eigenvalue weighted by molar-refractivity contribution is 6.10. The third kappa shape index (κ3) is 4.16. The van der Waals surface area contributed by atoms with Crippen LogP contribution in [-0.4, -0.2) is 55.8 Å². The Bertz CT molecular complexity index is 1520. The minimum Gasteiger partial charge on any atom is -0.395 e. The van der Waals surface area contributed by atoms with Gasteiger partial charge in [0.25, 0.3) is 0 Å². The summed E-state index contributed by atoms with van der Waals surface area (Å²) in [7, 11) is 1.97. The highest BCUT2D eigenvalue weighted by Crippen LogP contribution is 2.42. The summed E-state index contributed by atoms with van der Waals surface area (Å²) < 4.78 is 10.1. The summed E-state index contributed by atoms with van der Waals surface area (Å²) in [5, 5.41) is 18.4. The topological polar surface area (TPSA) is 90.0 Å². The van der Waals surface area contributed by atoms with E-state index in [0.29, 0.717) is 12.5 Å². The lowest BCUT2D eigenvalue weighted by molar-refractivity contribution is 0.0553. The molecular formula is C29H32N6O2. The van der Waals surface area contributed by atoms with Crippen LogP contribution in [0.1, 0.15) is 30.0 Å². The number of hydrogen-bond donors (Lipinski definition) is 2. The zero-order valence-electron chi connectivity index (χ0n) is 21.3. The Morgan fingerprint density at radius 3 is 2.65 bits per heavy atom. The Labute approximate surface area is 215 Å². The number of hydrogen-bond acceptors (Lipinski definition) is 6. The second-order valence-electron chi connectivity index (χ2n) is 9.77. The van der Waals surface area contributed by atoms with Crippen LogP contribution >= 0.6 is 0 Å². The summed E-state index contributed by atoms with van der Waals surface area (Å²) in [4.78, 5) is 9.73. The second-order valence-corrected chi connectivity index (χ2v) is 9.77. The molecule has 6 rings (SSSR count). The van der Waals surface area contributed by atoms with Gasteiger partial charge in [0, 0.05) is 50.1 Å². The molecule has 1 fully saturated rings. The maximum atomic E-state index is 9.56. The van der Waals surface area contributed by atoms with Gasteiger partial charge in [0.1, 0.15) is 0 Å². The molecule has 0 spiro atoms.